The number of rotatable bonds is 6. The van der Waals surface area contributed by atoms with Crippen LogP contribution in [0.1, 0.15) is 23.1 Å². The van der Waals surface area contributed by atoms with E-state index in [1.165, 1.54) is 18.2 Å². The highest BCUT2D eigenvalue weighted by atomic mass is 79.9. The third-order valence-corrected chi connectivity index (χ3v) is 4.56. The number of aryl methyl sites for hydroxylation is 1. The van der Waals surface area contributed by atoms with Gasteiger partial charge in [0.1, 0.15) is 12.4 Å². The first-order valence-electron chi connectivity index (χ1n) is 7.16. The number of hydrogen-bond acceptors (Lipinski definition) is 2. The number of benzene rings is 2. The summed E-state index contributed by atoms with van der Waals surface area (Å²) < 4.78 is 45.7. The number of alkyl halides is 3. The van der Waals surface area contributed by atoms with Crippen molar-refractivity contribution in [2.24, 2.45) is 0 Å². The normalized spacial score (nSPS) is 11.4. The predicted molar refractivity (Wildman–Crippen MR) is 93.6 cm³/mol. The van der Waals surface area contributed by atoms with Gasteiger partial charge in [-0.15, -0.1) is 0 Å². The van der Waals surface area contributed by atoms with Crippen LogP contribution in [-0.4, -0.2) is 11.1 Å². The van der Waals surface area contributed by atoms with Gasteiger partial charge in [0.2, 0.25) is 0 Å². The summed E-state index contributed by atoms with van der Waals surface area (Å²) in [6.45, 7) is -0.249. The lowest BCUT2D eigenvalue weighted by molar-refractivity contribution is -0.139. The second-order valence-electron chi connectivity index (χ2n) is 5.23. The molecule has 0 aliphatic heterocycles. The van der Waals surface area contributed by atoms with Crippen molar-refractivity contribution >= 4 is 37.8 Å². The van der Waals surface area contributed by atoms with E-state index in [4.69, 9.17) is 9.84 Å². The molecule has 134 valence electrons. The van der Waals surface area contributed by atoms with Gasteiger partial charge < -0.3 is 9.84 Å². The van der Waals surface area contributed by atoms with Crippen LogP contribution < -0.4 is 4.74 Å². The summed E-state index contributed by atoms with van der Waals surface area (Å²) in [5, 5.41) is 8.73. The fourth-order valence-corrected chi connectivity index (χ4v) is 3.73. The highest BCUT2D eigenvalue weighted by Crippen LogP contribution is 2.37. The van der Waals surface area contributed by atoms with Crippen LogP contribution in [0.3, 0.4) is 0 Å². The Balaban J connectivity index is 2.18. The van der Waals surface area contributed by atoms with E-state index in [0.717, 1.165) is 11.6 Å². The Kier molecular flexibility index (Phi) is 6.51. The minimum Gasteiger partial charge on any atom is -0.487 e. The molecule has 0 saturated heterocycles. The van der Waals surface area contributed by atoms with Gasteiger partial charge in [-0.05, 0) is 62.0 Å². The monoisotopic (exact) mass is 480 g/mol. The van der Waals surface area contributed by atoms with E-state index in [-0.39, 0.29) is 18.6 Å². The maximum absolute atomic E-state index is 13.0. The largest absolute Gasteiger partial charge is 0.487 e. The standard InChI is InChI=1S/C17H13Br2F3O3/c18-13-7-10(5-6-15(23)24)8-14(19)16(13)25-9-11-3-1-2-4-12(11)17(20,21)22/h1-4,7-8H,5-6,9H2,(H,23,24). The van der Waals surface area contributed by atoms with Gasteiger partial charge in [0.15, 0.2) is 0 Å². The first-order chi connectivity index (χ1) is 11.7. The molecule has 0 aliphatic rings. The Morgan fingerprint density at radius 3 is 2.28 bits per heavy atom. The van der Waals surface area contributed by atoms with Crippen molar-refractivity contribution in [1.82, 2.24) is 0 Å². The van der Waals surface area contributed by atoms with Crippen molar-refractivity contribution in [3.05, 3.63) is 62.0 Å². The number of carboxylic acid groups (broad SMARTS) is 1. The zero-order valence-electron chi connectivity index (χ0n) is 12.7. The average molecular weight is 482 g/mol. The molecule has 8 heteroatoms. The van der Waals surface area contributed by atoms with E-state index in [9.17, 15) is 18.0 Å². The molecule has 0 spiro atoms. The molecule has 0 bridgehead atoms. The number of halogens is 5. The van der Waals surface area contributed by atoms with Gasteiger partial charge in [-0.3, -0.25) is 4.79 Å². The van der Waals surface area contributed by atoms with Gasteiger partial charge in [0.25, 0.3) is 0 Å². The van der Waals surface area contributed by atoms with E-state index >= 15 is 0 Å². The summed E-state index contributed by atoms with van der Waals surface area (Å²) in [7, 11) is 0. The van der Waals surface area contributed by atoms with E-state index in [1.807, 2.05) is 0 Å². The first kappa shape index (κ1) is 19.8. The average Bonchev–Trinajstić information content (AvgIpc) is 2.51. The molecule has 0 amide bonds. The number of aliphatic carboxylic acids is 1. The minimum absolute atomic E-state index is 0.0158. The van der Waals surface area contributed by atoms with Crippen molar-refractivity contribution in [3.63, 3.8) is 0 Å². The van der Waals surface area contributed by atoms with Crippen LogP contribution in [0.5, 0.6) is 5.75 Å². The highest BCUT2D eigenvalue weighted by molar-refractivity contribution is 9.11. The number of carbonyl (C=O) groups is 1. The molecule has 3 nitrogen and oxygen atoms in total. The molecule has 0 radical (unpaired) electrons. The summed E-state index contributed by atoms with van der Waals surface area (Å²) in [6.07, 6.45) is -4.13. The van der Waals surface area contributed by atoms with Crippen molar-refractivity contribution in [2.75, 3.05) is 0 Å². The van der Waals surface area contributed by atoms with Crippen molar-refractivity contribution < 1.29 is 27.8 Å². The molecule has 2 aromatic rings. The van der Waals surface area contributed by atoms with E-state index in [2.05, 4.69) is 31.9 Å². The van der Waals surface area contributed by atoms with Crippen LogP contribution in [0.15, 0.2) is 45.3 Å². The lowest BCUT2D eigenvalue weighted by Crippen LogP contribution is -2.11. The summed E-state index contributed by atoms with van der Waals surface area (Å²) in [5.74, 6) is -0.549. The molecule has 0 unspecified atom stereocenters. The smallest absolute Gasteiger partial charge is 0.416 e. The molecule has 0 saturated carbocycles. The van der Waals surface area contributed by atoms with E-state index < -0.39 is 17.7 Å². The maximum Gasteiger partial charge on any atom is 0.416 e. The number of hydrogen-bond donors (Lipinski definition) is 1. The lowest BCUT2D eigenvalue weighted by atomic mass is 10.1. The van der Waals surface area contributed by atoms with Gasteiger partial charge >= 0.3 is 12.1 Å². The molecule has 0 heterocycles. The summed E-state index contributed by atoms with van der Waals surface area (Å²) in [4.78, 5) is 10.6. The number of ether oxygens (including phenoxy) is 1. The Morgan fingerprint density at radius 2 is 1.72 bits per heavy atom. The van der Waals surface area contributed by atoms with E-state index in [0.29, 0.717) is 21.1 Å². The Hall–Kier alpha value is -1.54. The van der Waals surface area contributed by atoms with Crippen LogP contribution in [0.25, 0.3) is 0 Å². The molecule has 1 N–H and O–H groups in total. The van der Waals surface area contributed by atoms with Crippen LogP contribution in [-0.2, 0) is 24.0 Å². The zero-order valence-corrected chi connectivity index (χ0v) is 15.9. The van der Waals surface area contributed by atoms with E-state index in [1.54, 1.807) is 12.1 Å². The van der Waals surface area contributed by atoms with Crippen molar-refractivity contribution in [1.29, 1.82) is 0 Å². The molecule has 25 heavy (non-hydrogen) atoms. The quantitative estimate of drug-likeness (QED) is 0.564. The van der Waals surface area contributed by atoms with Crippen LogP contribution in [0.4, 0.5) is 13.2 Å². The second-order valence-corrected chi connectivity index (χ2v) is 6.93. The van der Waals surface area contributed by atoms with Crippen LogP contribution in [0, 0.1) is 0 Å². The minimum atomic E-state index is -4.45. The fraction of sp³-hybridized carbons (Fsp3) is 0.235. The summed E-state index contributed by atoms with van der Waals surface area (Å²) in [5.41, 5.74) is 0.0632. The number of carboxylic acids is 1. The molecule has 0 aromatic heterocycles. The lowest BCUT2D eigenvalue weighted by Gasteiger charge is -2.15. The Labute approximate surface area is 159 Å². The predicted octanol–water partition coefficient (Wildman–Crippen LogP) is 5.83. The van der Waals surface area contributed by atoms with Gasteiger partial charge in [-0.25, -0.2) is 0 Å². The Morgan fingerprint density at radius 1 is 1.12 bits per heavy atom. The van der Waals surface area contributed by atoms with Crippen molar-refractivity contribution in [3.8, 4) is 5.75 Å². The second kappa shape index (κ2) is 8.23. The molecule has 0 aliphatic carbocycles. The van der Waals surface area contributed by atoms with Crippen molar-refractivity contribution in [2.45, 2.75) is 25.6 Å². The molecule has 2 rings (SSSR count). The third-order valence-electron chi connectivity index (χ3n) is 3.38. The SMILES string of the molecule is O=C(O)CCc1cc(Br)c(OCc2ccccc2C(F)(F)F)c(Br)c1. The zero-order chi connectivity index (χ0) is 18.6. The molecule has 0 atom stereocenters. The molecule has 2 aromatic carbocycles. The molecular weight excluding hydrogens is 469 g/mol. The highest BCUT2D eigenvalue weighted by Gasteiger charge is 2.33. The van der Waals surface area contributed by atoms with Gasteiger partial charge in [0.05, 0.1) is 14.5 Å². The van der Waals surface area contributed by atoms with Crippen LogP contribution >= 0.6 is 31.9 Å². The van der Waals surface area contributed by atoms with Gasteiger partial charge in [0, 0.05) is 12.0 Å². The summed E-state index contributed by atoms with van der Waals surface area (Å²) in [6, 6.07) is 8.61. The molecule has 0 fully saturated rings. The summed E-state index contributed by atoms with van der Waals surface area (Å²) >= 11 is 6.62. The van der Waals surface area contributed by atoms with Gasteiger partial charge in [-0.2, -0.15) is 13.2 Å². The van der Waals surface area contributed by atoms with Gasteiger partial charge in [-0.1, -0.05) is 18.2 Å². The maximum atomic E-state index is 13.0. The fourth-order valence-electron chi connectivity index (χ4n) is 2.22. The topological polar surface area (TPSA) is 46.5 Å². The third kappa shape index (κ3) is 5.47. The molecular formula is C17H13Br2F3O3. The Bertz CT molecular complexity index is 753. The first-order valence-corrected chi connectivity index (χ1v) is 8.74. The van der Waals surface area contributed by atoms with Crippen LogP contribution in [0.2, 0.25) is 0 Å².